The first-order valence-corrected chi connectivity index (χ1v) is 13.1. The van der Waals surface area contributed by atoms with Crippen molar-refractivity contribution in [1.82, 2.24) is 10.2 Å². The molecule has 3 N–H and O–H groups in total. The van der Waals surface area contributed by atoms with Gasteiger partial charge in [-0.25, -0.2) is 9.59 Å². The second-order valence-corrected chi connectivity index (χ2v) is 11.8. The molecule has 0 aromatic heterocycles. The number of allylic oxidation sites excluding steroid dienone is 1. The van der Waals surface area contributed by atoms with Crippen LogP contribution >= 0.6 is 11.8 Å². The highest BCUT2D eigenvalue weighted by Crippen LogP contribution is 2.54. The highest BCUT2D eigenvalue weighted by molar-refractivity contribution is 8.01. The number of carbonyl (C=O) groups is 4. The van der Waals surface area contributed by atoms with E-state index < -0.39 is 40.2 Å². The zero-order valence-electron chi connectivity index (χ0n) is 20.4. The second-order valence-electron chi connectivity index (χ2n) is 10.1. The van der Waals surface area contributed by atoms with Gasteiger partial charge in [0.2, 0.25) is 5.91 Å². The van der Waals surface area contributed by atoms with Crippen molar-refractivity contribution in [2.24, 2.45) is 5.92 Å². The van der Waals surface area contributed by atoms with Crippen molar-refractivity contribution >= 4 is 35.5 Å². The summed E-state index contributed by atoms with van der Waals surface area (Å²) in [7, 11) is 0. The fraction of sp³-hybridized carbons (Fsp3) is 0.538. The summed E-state index contributed by atoms with van der Waals surface area (Å²) in [5.74, 6) is -2.48. The molecule has 1 aliphatic carbocycles. The van der Waals surface area contributed by atoms with Gasteiger partial charge in [-0.3, -0.25) is 9.59 Å². The number of hydrogen-bond acceptors (Lipinski definition) is 7. The number of ketones is 1. The third-order valence-electron chi connectivity index (χ3n) is 6.99. The minimum atomic E-state index is -1.08. The molecule has 9 nitrogen and oxygen atoms in total. The van der Waals surface area contributed by atoms with Gasteiger partial charge in [-0.2, -0.15) is 0 Å². The summed E-state index contributed by atoms with van der Waals surface area (Å²) in [6.45, 7) is 3.56. The number of thioether (sulfide) groups is 1. The molecule has 4 rings (SSSR count). The first-order valence-electron chi connectivity index (χ1n) is 12.3. The number of alkyl carbamates (subject to hydrolysis) is 1. The molecule has 2 amide bonds. The number of Topliss-reactive ketones (excluding diaryl/α,β-unsaturated/α-hetero) is 1. The van der Waals surface area contributed by atoms with Crippen molar-refractivity contribution in [3.63, 3.8) is 0 Å². The number of carboxylic acid groups (broad SMARTS) is 1. The first-order chi connectivity index (χ1) is 17.1. The minimum absolute atomic E-state index is 0.0151. The fourth-order valence-corrected chi connectivity index (χ4v) is 6.83. The van der Waals surface area contributed by atoms with E-state index in [-0.39, 0.29) is 30.0 Å². The summed E-state index contributed by atoms with van der Waals surface area (Å²) in [6, 6.07) is 3.89. The number of nitrogens with zero attached hydrogens (tertiary/aromatic N) is 1. The molecule has 36 heavy (non-hydrogen) atoms. The average Bonchev–Trinajstić information content (AvgIpc) is 3.06. The predicted molar refractivity (Wildman–Crippen MR) is 133 cm³/mol. The topological polar surface area (TPSA) is 133 Å². The van der Waals surface area contributed by atoms with E-state index in [2.05, 4.69) is 5.32 Å². The lowest BCUT2D eigenvalue weighted by atomic mass is 9.86. The van der Waals surface area contributed by atoms with Crippen molar-refractivity contribution < 1.29 is 34.1 Å². The minimum Gasteiger partial charge on any atom is -0.508 e. The molecular formula is C26H32N2O7S. The van der Waals surface area contributed by atoms with Crippen LogP contribution in [0, 0.1) is 5.92 Å². The van der Waals surface area contributed by atoms with Gasteiger partial charge >= 0.3 is 12.1 Å². The number of β-lactam (4-membered cyclic amide) rings is 1. The Morgan fingerprint density at radius 3 is 2.61 bits per heavy atom. The largest absolute Gasteiger partial charge is 0.508 e. The zero-order chi connectivity index (χ0) is 26.0. The maximum atomic E-state index is 13.4. The van der Waals surface area contributed by atoms with Crippen LogP contribution in [-0.4, -0.2) is 61.1 Å². The summed E-state index contributed by atoms with van der Waals surface area (Å²) < 4.78 is 4.89. The fourth-order valence-electron chi connectivity index (χ4n) is 5.15. The van der Waals surface area contributed by atoms with Crippen LogP contribution in [0.3, 0.4) is 0 Å². The molecule has 0 bridgehead atoms. The van der Waals surface area contributed by atoms with Gasteiger partial charge in [-0.15, -0.1) is 11.8 Å². The third-order valence-corrected chi connectivity index (χ3v) is 8.61. The Hall–Kier alpha value is -3.01. The molecule has 5 atom stereocenters. The van der Waals surface area contributed by atoms with Crippen LogP contribution in [0.2, 0.25) is 0 Å². The van der Waals surface area contributed by atoms with Gasteiger partial charge in [0.15, 0.2) is 5.78 Å². The average molecular weight is 517 g/mol. The van der Waals surface area contributed by atoms with Crippen LogP contribution in [0.25, 0.3) is 0 Å². The lowest BCUT2D eigenvalue weighted by Crippen LogP contribution is -2.63. The van der Waals surface area contributed by atoms with Gasteiger partial charge in [0, 0.05) is 11.2 Å². The molecule has 194 valence electrons. The van der Waals surface area contributed by atoms with Gasteiger partial charge < -0.3 is 25.2 Å². The number of carbonyl (C=O) groups excluding carboxylic acids is 3. The summed E-state index contributed by atoms with van der Waals surface area (Å²) in [4.78, 5) is 52.2. The molecule has 0 saturated carbocycles. The number of phenolic OH excluding ortho intramolecular Hbond substituents is 1. The van der Waals surface area contributed by atoms with Crippen molar-refractivity contribution in [3.8, 4) is 5.75 Å². The molecule has 1 aromatic carbocycles. The molecule has 2 aliphatic heterocycles. The summed E-state index contributed by atoms with van der Waals surface area (Å²) in [5.41, 5.74) is 0.453. The van der Waals surface area contributed by atoms with Crippen LogP contribution in [0.1, 0.15) is 64.0 Å². The van der Waals surface area contributed by atoms with Gasteiger partial charge in [-0.1, -0.05) is 24.6 Å². The number of benzene rings is 1. The van der Waals surface area contributed by atoms with E-state index in [0.717, 1.165) is 25.7 Å². The molecule has 0 spiro atoms. The highest BCUT2D eigenvalue weighted by atomic mass is 32.2. The van der Waals surface area contributed by atoms with Crippen LogP contribution in [0.5, 0.6) is 5.75 Å². The third kappa shape index (κ3) is 5.38. The van der Waals surface area contributed by atoms with Crippen molar-refractivity contribution in [3.05, 3.63) is 42.0 Å². The van der Waals surface area contributed by atoms with E-state index in [0.29, 0.717) is 12.0 Å². The van der Waals surface area contributed by atoms with Crippen LogP contribution < -0.4 is 5.32 Å². The normalized spacial score (nSPS) is 28.6. The number of aromatic hydroxyl groups is 1. The van der Waals surface area contributed by atoms with Gasteiger partial charge in [0.1, 0.15) is 23.9 Å². The summed E-state index contributed by atoms with van der Waals surface area (Å²) in [5, 5.41) is 21.5. The van der Waals surface area contributed by atoms with Gasteiger partial charge in [-0.05, 0) is 63.3 Å². The first kappa shape index (κ1) is 26.1. The van der Waals surface area contributed by atoms with E-state index >= 15 is 0 Å². The number of phenols is 1. The van der Waals surface area contributed by atoms with E-state index in [1.165, 1.54) is 40.9 Å². The monoisotopic (exact) mass is 516 g/mol. The lowest BCUT2D eigenvalue weighted by molar-refractivity contribution is -0.164. The Kier molecular flexibility index (Phi) is 7.63. The van der Waals surface area contributed by atoms with Crippen molar-refractivity contribution in [2.75, 3.05) is 0 Å². The Morgan fingerprint density at radius 1 is 1.19 bits per heavy atom. The van der Waals surface area contributed by atoms with E-state index in [9.17, 15) is 29.4 Å². The molecule has 2 fully saturated rings. The Balaban J connectivity index is 1.47. The van der Waals surface area contributed by atoms with Crippen molar-refractivity contribution in [2.45, 2.75) is 80.7 Å². The number of nitrogens with one attached hydrogen (secondary N) is 1. The second kappa shape index (κ2) is 10.5. The molecular weight excluding hydrogens is 484 g/mol. The standard InChI is InChI=1S/C26H32N2O7S/c1-26(2)21(24(32)33)28-22(31)18(23(28)36-26)14-19(30)20(15-10-12-16(29)13-11-15)27-25(34)35-17-8-6-4-3-5-7-9-17/h6,8,10-13,17-18,20-21,23,29H,3-5,7,9,14H2,1-2H3,(H,27,34)(H,32,33)/b8-6+/t17?,18-,20-,21+,23-/m1/s1. The number of hydrogen-bond donors (Lipinski definition) is 3. The van der Waals surface area contributed by atoms with Crippen LogP contribution in [0.4, 0.5) is 4.79 Å². The Bertz CT molecular complexity index is 1050. The molecule has 3 aliphatic rings. The number of aliphatic carboxylic acids is 1. The smallest absolute Gasteiger partial charge is 0.408 e. The van der Waals surface area contributed by atoms with Gasteiger partial charge in [0.25, 0.3) is 0 Å². The van der Waals surface area contributed by atoms with Gasteiger partial charge in [0.05, 0.1) is 11.3 Å². The lowest BCUT2D eigenvalue weighted by Gasteiger charge is -2.43. The predicted octanol–water partition coefficient (Wildman–Crippen LogP) is 3.77. The number of carboxylic acids is 1. The summed E-state index contributed by atoms with van der Waals surface area (Å²) in [6.07, 6.45) is 7.34. The molecule has 2 heterocycles. The van der Waals surface area contributed by atoms with E-state index in [4.69, 9.17) is 4.74 Å². The Labute approximate surface area is 214 Å². The molecule has 0 radical (unpaired) electrons. The molecule has 2 saturated heterocycles. The quantitative estimate of drug-likeness (QED) is 0.368. The SMILES string of the molecule is CC1(C)S[C@@H]2[C@H](CC(=O)[C@H](NC(=O)OC3/C=C/CCCCC3)c3ccc(O)cc3)C(=O)N2[C@H]1C(=O)O. The number of ether oxygens (including phenoxy) is 1. The maximum absolute atomic E-state index is 13.4. The zero-order valence-corrected chi connectivity index (χ0v) is 21.2. The summed E-state index contributed by atoms with van der Waals surface area (Å²) >= 11 is 1.38. The number of fused-ring (bicyclic) bond motifs is 1. The number of amides is 2. The van der Waals surface area contributed by atoms with E-state index in [1.807, 2.05) is 12.2 Å². The van der Waals surface area contributed by atoms with Crippen LogP contribution in [0.15, 0.2) is 36.4 Å². The molecule has 10 heteroatoms. The molecule has 1 aromatic rings. The van der Waals surface area contributed by atoms with E-state index in [1.54, 1.807) is 13.8 Å². The molecule has 1 unspecified atom stereocenters. The Morgan fingerprint density at radius 2 is 1.92 bits per heavy atom. The number of rotatable bonds is 7. The van der Waals surface area contributed by atoms with Crippen LogP contribution in [-0.2, 0) is 19.1 Å². The van der Waals surface area contributed by atoms with Crippen molar-refractivity contribution in [1.29, 1.82) is 0 Å². The maximum Gasteiger partial charge on any atom is 0.408 e. The highest BCUT2D eigenvalue weighted by Gasteiger charge is 2.63.